The van der Waals surface area contributed by atoms with Gasteiger partial charge < -0.3 is 9.30 Å². The minimum absolute atomic E-state index is 0.0304. The van der Waals surface area contributed by atoms with Crippen LogP contribution in [0.15, 0.2) is 59.4 Å². The second kappa shape index (κ2) is 8.59. The normalized spacial score (nSPS) is 10.8. The van der Waals surface area contributed by atoms with Gasteiger partial charge in [-0.25, -0.2) is 4.39 Å². The molecule has 0 N–H and O–H groups in total. The van der Waals surface area contributed by atoms with Crippen molar-refractivity contribution in [3.05, 3.63) is 97.6 Å². The summed E-state index contributed by atoms with van der Waals surface area (Å²) in [6.07, 6.45) is 0.643. The Bertz CT molecular complexity index is 1000. The highest BCUT2D eigenvalue weighted by Gasteiger charge is 2.14. The van der Waals surface area contributed by atoms with E-state index < -0.39 is 5.82 Å². The molecule has 0 aliphatic heterocycles. The summed E-state index contributed by atoms with van der Waals surface area (Å²) in [5, 5.41) is 0.387. The maximum Gasteiger partial charge on any atom is 0.269 e. The summed E-state index contributed by atoms with van der Waals surface area (Å²) in [7, 11) is 0. The number of hydrogen-bond donors (Lipinski definition) is 0. The molecule has 0 fully saturated rings. The number of ether oxygens (including phenoxy) is 1. The van der Waals surface area contributed by atoms with Gasteiger partial charge in [-0.3, -0.25) is 4.79 Å². The van der Waals surface area contributed by atoms with Crippen molar-refractivity contribution in [2.45, 2.75) is 26.5 Å². The monoisotopic (exact) mass is 405 g/mol. The highest BCUT2D eigenvalue weighted by molar-refractivity contribution is 6.34. The Kier molecular flexibility index (Phi) is 6.19. The highest BCUT2D eigenvalue weighted by Crippen LogP contribution is 2.21. The molecule has 0 unspecified atom stereocenters. The number of nitrogens with zero attached hydrogens (tertiary/aromatic N) is 1. The van der Waals surface area contributed by atoms with Crippen molar-refractivity contribution in [2.75, 3.05) is 0 Å². The van der Waals surface area contributed by atoms with E-state index in [1.807, 2.05) is 31.2 Å². The molecule has 6 heteroatoms. The number of rotatable bonds is 6. The molecule has 0 saturated carbocycles. The fraction of sp³-hybridized carbons (Fsp3) is 0.190. The topological polar surface area (TPSA) is 31.2 Å². The molecule has 0 saturated heterocycles. The maximum atomic E-state index is 13.3. The lowest BCUT2D eigenvalue weighted by Crippen LogP contribution is -2.26. The van der Waals surface area contributed by atoms with Gasteiger partial charge in [-0.2, -0.15) is 0 Å². The third-order valence-electron chi connectivity index (χ3n) is 4.22. The molecule has 0 radical (unpaired) electrons. The molecule has 1 heterocycles. The largest absolute Gasteiger partial charge is 0.487 e. The first-order chi connectivity index (χ1) is 12.9. The summed E-state index contributed by atoms with van der Waals surface area (Å²) in [5.41, 5.74) is 2.44. The van der Waals surface area contributed by atoms with Crippen molar-refractivity contribution < 1.29 is 9.13 Å². The molecule has 0 bridgehead atoms. The smallest absolute Gasteiger partial charge is 0.269 e. The Hall–Kier alpha value is -2.30. The molecular formula is C21H18Cl2FNO2. The van der Waals surface area contributed by atoms with Crippen molar-refractivity contribution in [1.82, 2.24) is 4.57 Å². The van der Waals surface area contributed by atoms with E-state index in [0.29, 0.717) is 29.4 Å². The van der Waals surface area contributed by atoms with Crippen LogP contribution in [0.3, 0.4) is 0 Å². The van der Waals surface area contributed by atoms with Crippen LogP contribution in [-0.4, -0.2) is 4.57 Å². The molecule has 0 aliphatic rings. The molecule has 1 aromatic heterocycles. The van der Waals surface area contributed by atoms with Gasteiger partial charge in [0.1, 0.15) is 23.2 Å². The van der Waals surface area contributed by atoms with Gasteiger partial charge in [-0.05, 0) is 37.1 Å². The fourth-order valence-electron chi connectivity index (χ4n) is 2.72. The molecule has 2 aromatic carbocycles. The Morgan fingerprint density at radius 3 is 2.48 bits per heavy atom. The molecular weight excluding hydrogens is 388 g/mol. The molecule has 3 rings (SSSR count). The summed E-state index contributed by atoms with van der Waals surface area (Å²) < 4.78 is 20.5. The number of pyridine rings is 1. The Morgan fingerprint density at radius 2 is 1.78 bits per heavy atom. The third-order valence-corrected chi connectivity index (χ3v) is 4.82. The minimum Gasteiger partial charge on any atom is -0.487 e. The fourth-order valence-corrected chi connectivity index (χ4v) is 3.26. The summed E-state index contributed by atoms with van der Waals surface area (Å²) in [5.74, 6) is -0.0370. The number of aromatic nitrogens is 1. The molecule has 0 amide bonds. The maximum absolute atomic E-state index is 13.3. The van der Waals surface area contributed by atoms with E-state index in [2.05, 4.69) is 0 Å². The Labute approximate surface area is 166 Å². The summed E-state index contributed by atoms with van der Waals surface area (Å²) in [4.78, 5) is 12.5. The molecule has 0 spiro atoms. The van der Waals surface area contributed by atoms with Gasteiger partial charge in [-0.15, -0.1) is 0 Å². The van der Waals surface area contributed by atoms with Crippen molar-refractivity contribution in [3.8, 4) is 5.75 Å². The lowest BCUT2D eigenvalue weighted by molar-refractivity contribution is 0.291. The van der Waals surface area contributed by atoms with Crippen LogP contribution in [-0.2, 0) is 19.6 Å². The first-order valence-corrected chi connectivity index (χ1v) is 9.21. The van der Waals surface area contributed by atoms with Gasteiger partial charge in [0.2, 0.25) is 0 Å². The predicted molar refractivity (Wildman–Crippen MR) is 106 cm³/mol. The van der Waals surface area contributed by atoms with E-state index in [4.69, 9.17) is 27.9 Å². The molecule has 0 atom stereocenters. The van der Waals surface area contributed by atoms with Crippen molar-refractivity contribution in [2.24, 2.45) is 0 Å². The van der Waals surface area contributed by atoms with Crippen LogP contribution in [0, 0.1) is 12.7 Å². The van der Waals surface area contributed by atoms with Crippen LogP contribution in [0.1, 0.15) is 16.8 Å². The van der Waals surface area contributed by atoms with Gasteiger partial charge in [0.15, 0.2) is 0 Å². The highest BCUT2D eigenvalue weighted by atomic mass is 35.5. The predicted octanol–water partition coefficient (Wildman–Crippen LogP) is 5.42. The first kappa shape index (κ1) is 19.5. The Morgan fingerprint density at radius 1 is 1.04 bits per heavy atom. The van der Waals surface area contributed by atoms with E-state index in [1.54, 1.807) is 12.1 Å². The molecule has 140 valence electrons. The van der Waals surface area contributed by atoms with Crippen molar-refractivity contribution in [3.63, 3.8) is 0 Å². The lowest BCUT2D eigenvalue weighted by Gasteiger charge is -2.16. The van der Waals surface area contributed by atoms with Gasteiger partial charge in [-0.1, -0.05) is 59.1 Å². The zero-order chi connectivity index (χ0) is 19.4. The quantitative estimate of drug-likeness (QED) is 0.547. The second-order valence-corrected chi connectivity index (χ2v) is 7.04. The van der Waals surface area contributed by atoms with Gasteiger partial charge >= 0.3 is 0 Å². The summed E-state index contributed by atoms with van der Waals surface area (Å²) in [6.45, 7) is 2.46. The SMILES string of the molecule is Cc1ccc(CCn2c(COc3cccc(F)c3)c(Cl)cc(Cl)c2=O)cc1. The third kappa shape index (κ3) is 4.90. The van der Waals surface area contributed by atoms with E-state index >= 15 is 0 Å². The number of benzene rings is 2. The Balaban J connectivity index is 1.85. The molecule has 27 heavy (non-hydrogen) atoms. The van der Waals surface area contributed by atoms with Crippen LogP contribution in [0.4, 0.5) is 4.39 Å². The molecule has 3 aromatic rings. The van der Waals surface area contributed by atoms with E-state index in [0.717, 1.165) is 5.56 Å². The van der Waals surface area contributed by atoms with Crippen LogP contribution >= 0.6 is 23.2 Å². The number of aryl methyl sites for hydroxylation is 2. The zero-order valence-corrected chi connectivity index (χ0v) is 16.2. The van der Waals surface area contributed by atoms with E-state index in [-0.39, 0.29) is 17.2 Å². The lowest BCUT2D eigenvalue weighted by atomic mass is 10.1. The molecule has 3 nitrogen and oxygen atoms in total. The van der Waals surface area contributed by atoms with Crippen LogP contribution in [0.5, 0.6) is 5.75 Å². The van der Waals surface area contributed by atoms with Crippen LogP contribution in [0.2, 0.25) is 10.0 Å². The van der Waals surface area contributed by atoms with E-state index in [1.165, 1.54) is 28.3 Å². The second-order valence-electron chi connectivity index (χ2n) is 6.23. The standard InChI is InChI=1S/C21H18Cl2FNO2/c1-14-5-7-15(8-6-14)9-10-25-20(18(22)12-19(23)21(25)26)13-27-17-4-2-3-16(24)11-17/h2-8,11-12H,9-10,13H2,1H3. The van der Waals surface area contributed by atoms with Gasteiger partial charge in [0.25, 0.3) is 5.56 Å². The average Bonchev–Trinajstić information content (AvgIpc) is 2.64. The van der Waals surface area contributed by atoms with Crippen LogP contribution < -0.4 is 10.3 Å². The van der Waals surface area contributed by atoms with Crippen molar-refractivity contribution in [1.29, 1.82) is 0 Å². The number of halogens is 3. The van der Waals surface area contributed by atoms with E-state index in [9.17, 15) is 9.18 Å². The zero-order valence-electron chi connectivity index (χ0n) is 14.7. The van der Waals surface area contributed by atoms with Crippen LogP contribution in [0.25, 0.3) is 0 Å². The summed E-state index contributed by atoms with van der Waals surface area (Å²) >= 11 is 12.3. The summed E-state index contributed by atoms with van der Waals surface area (Å²) in [6, 6.07) is 15.3. The average molecular weight is 406 g/mol. The van der Waals surface area contributed by atoms with Gasteiger partial charge in [0.05, 0.1) is 10.7 Å². The number of hydrogen-bond acceptors (Lipinski definition) is 2. The van der Waals surface area contributed by atoms with Gasteiger partial charge in [0, 0.05) is 12.6 Å². The first-order valence-electron chi connectivity index (χ1n) is 8.45. The molecule has 0 aliphatic carbocycles. The minimum atomic E-state index is -0.397. The van der Waals surface area contributed by atoms with Crippen molar-refractivity contribution >= 4 is 23.2 Å².